The lowest BCUT2D eigenvalue weighted by Gasteiger charge is -2.12. The van der Waals surface area contributed by atoms with E-state index in [0.717, 1.165) is 6.07 Å². The second-order valence-corrected chi connectivity index (χ2v) is 10.1. The van der Waals surface area contributed by atoms with Gasteiger partial charge in [-0.2, -0.15) is 13.5 Å². The summed E-state index contributed by atoms with van der Waals surface area (Å²) in [5, 5.41) is 23.2. The first-order valence-electron chi connectivity index (χ1n) is 10.6. The van der Waals surface area contributed by atoms with Gasteiger partial charge in [0.25, 0.3) is 16.0 Å². The molecule has 0 radical (unpaired) electrons. The van der Waals surface area contributed by atoms with Crippen LogP contribution in [0.3, 0.4) is 0 Å². The van der Waals surface area contributed by atoms with Crippen LogP contribution in [-0.4, -0.2) is 31.1 Å². The second-order valence-electron chi connectivity index (χ2n) is 7.87. The number of hydrogen-bond donors (Lipinski definition) is 3. The first kappa shape index (κ1) is 26.4. The molecule has 0 spiro atoms. The van der Waals surface area contributed by atoms with Crippen LogP contribution in [0, 0.1) is 6.92 Å². The van der Waals surface area contributed by atoms with E-state index in [1.165, 1.54) is 32.2 Å². The highest BCUT2D eigenvalue weighted by Crippen LogP contribution is 2.40. The van der Waals surface area contributed by atoms with Crippen LogP contribution in [0.2, 0.25) is 10.0 Å². The smallest absolute Gasteiger partial charge is 0.294 e. The minimum Gasteiger partial charge on any atom is -0.505 e. The Hall–Kier alpha value is -3.70. The van der Waals surface area contributed by atoms with E-state index in [1.807, 2.05) is 0 Å². The number of ether oxygens (including phenoxy) is 1. The molecule has 0 saturated heterocycles. The number of nitrogens with zero attached hydrogens (tertiary/aromatic N) is 2. The average Bonchev–Trinajstić information content (AvgIpc) is 2.85. The molecule has 1 amide bonds. The Kier molecular flexibility index (Phi) is 7.37. The van der Waals surface area contributed by atoms with Crippen molar-refractivity contribution in [2.24, 2.45) is 10.2 Å². The number of carbonyl (C=O) groups excluding carboxylic acids is 1. The molecule has 12 heteroatoms. The Bertz CT molecular complexity index is 1690. The number of azo groups is 1. The van der Waals surface area contributed by atoms with Gasteiger partial charge >= 0.3 is 0 Å². The molecule has 4 rings (SSSR count). The van der Waals surface area contributed by atoms with Gasteiger partial charge in [-0.25, -0.2) is 0 Å². The van der Waals surface area contributed by atoms with Gasteiger partial charge < -0.3 is 15.2 Å². The molecule has 0 aliphatic carbocycles. The lowest BCUT2D eigenvalue weighted by atomic mass is 10.0. The maximum Gasteiger partial charge on any atom is 0.294 e. The SMILES string of the molecule is COc1ccc(Cl)c(NC(=O)c2cc3ccccc3c(N=Nc3cc(Cl)c(C)c(S(=O)(=O)O)c3)c2O)c1. The van der Waals surface area contributed by atoms with Crippen molar-refractivity contribution < 1.29 is 27.6 Å². The van der Waals surface area contributed by atoms with E-state index in [4.69, 9.17) is 27.9 Å². The molecular weight excluding hydrogens is 541 g/mol. The number of carbonyl (C=O) groups is 1. The predicted octanol–water partition coefficient (Wildman–Crippen LogP) is 7.08. The number of nitrogens with one attached hydrogen (secondary N) is 1. The van der Waals surface area contributed by atoms with Crippen molar-refractivity contribution in [3.63, 3.8) is 0 Å². The summed E-state index contributed by atoms with van der Waals surface area (Å²) in [4.78, 5) is 12.7. The summed E-state index contributed by atoms with van der Waals surface area (Å²) in [5.74, 6) is -0.660. The van der Waals surface area contributed by atoms with Crippen LogP contribution < -0.4 is 10.1 Å². The molecule has 37 heavy (non-hydrogen) atoms. The third kappa shape index (κ3) is 5.52. The standard InChI is InChI=1S/C25H19Cl2N3O6S/c1-13-20(27)10-15(11-22(13)37(33,34)35)29-30-23-17-6-4-3-5-14(17)9-18(24(23)31)25(32)28-21-12-16(36-2)7-8-19(21)26/h3-12,31H,1-2H3,(H,28,32)(H,33,34,35). The number of anilines is 1. The van der Waals surface area contributed by atoms with E-state index in [2.05, 4.69) is 15.5 Å². The van der Waals surface area contributed by atoms with E-state index in [1.54, 1.807) is 36.4 Å². The third-order valence-corrected chi connectivity index (χ3v) is 7.19. The lowest BCUT2D eigenvalue weighted by molar-refractivity contribution is 0.102. The molecule has 0 atom stereocenters. The number of hydrogen-bond acceptors (Lipinski definition) is 7. The maximum atomic E-state index is 13.1. The summed E-state index contributed by atoms with van der Waals surface area (Å²) in [5.41, 5.74) is 0.280. The topological polar surface area (TPSA) is 138 Å². The number of phenolic OH excluding ortho intramolecular Hbond substituents is 1. The predicted molar refractivity (Wildman–Crippen MR) is 142 cm³/mol. The summed E-state index contributed by atoms with van der Waals surface area (Å²) >= 11 is 12.3. The van der Waals surface area contributed by atoms with Crippen LogP contribution in [0.15, 0.2) is 75.8 Å². The fourth-order valence-corrected chi connectivity index (χ4v) is 4.78. The summed E-state index contributed by atoms with van der Waals surface area (Å²) in [6.07, 6.45) is 0. The molecule has 3 N–H and O–H groups in total. The molecular formula is C25H19Cl2N3O6S. The number of rotatable bonds is 6. The largest absolute Gasteiger partial charge is 0.505 e. The second kappa shape index (κ2) is 10.3. The molecule has 4 aromatic rings. The van der Waals surface area contributed by atoms with Gasteiger partial charge in [-0.15, -0.1) is 5.11 Å². The number of phenols is 1. The maximum absolute atomic E-state index is 13.1. The number of amides is 1. The first-order valence-corrected chi connectivity index (χ1v) is 12.8. The monoisotopic (exact) mass is 559 g/mol. The van der Waals surface area contributed by atoms with E-state index in [0.29, 0.717) is 16.5 Å². The number of halogens is 2. The summed E-state index contributed by atoms with van der Waals surface area (Å²) in [6, 6.07) is 15.5. The Balaban J connectivity index is 1.81. The van der Waals surface area contributed by atoms with Crippen LogP contribution in [0.1, 0.15) is 15.9 Å². The van der Waals surface area contributed by atoms with Crippen molar-refractivity contribution in [1.82, 2.24) is 0 Å². The van der Waals surface area contributed by atoms with Crippen LogP contribution in [0.4, 0.5) is 17.1 Å². The quantitative estimate of drug-likeness (QED) is 0.170. The summed E-state index contributed by atoms with van der Waals surface area (Å²) in [6.45, 7) is 1.43. The number of aromatic hydroxyl groups is 1. The molecule has 0 saturated carbocycles. The molecule has 0 aliphatic rings. The zero-order valence-electron chi connectivity index (χ0n) is 19.4. The highest BCUT2D eigenvalue weighted by atomic mass is 35.5. The van der Waals surface area contributed by atoms with Crippen molar-refractivity contribution in [1.29, 1.82) is 0 Å². The van der Waals surface area contributed by atoms with Gasteiger partial charge in [-0.3, -0.25) is 9.35 Å². The number of methoxy groups -OCH3 is 1. The highest BCUT2D eigenvalue weighted by molar-refractivity contribution is 7.85. The van der Waals surface area contributed by atoms with Gasteiger partial charge in [0.05, 0.1) is 29.1 Å². The van der Waals surface area contributed by atoms with E-state index >= 15 is 0 Å². The number of benzene rings is 4. The Morgan fingerprint density at radius 3 is 2.43 bits per heavy atom. The highest BCUT2D eigenvalue weighted by Gasteiger charge is 2.20. The molecule has 4 aromatic carbocycles. The van der Waals surface area contributed by atoms with Crippen molar-refractivity contribution in [2.75, 3.05) is 12.4 Å². The summed E-state index contributed by atoms with van der Waals surface area (Å²) < 4.78 is 38.1. The molecule has 0 aliphatic heterocycles. The van der Waals surface area contributed by atoms with E-state index in [-0.39, 0.29) is 38.2 Å². The van der Waals surface area contributed by atoms with Gasteiger partial charge in [-0.1, -0.05) is 47.5 Å². The molecule has 9 nitrogen and oxygen atoms in total. The van der Waals surface area contributed by atoms with Crippen molar-refractivity contribution >= 4 is 67.1 Å². The number of fused-ring (bicyclic) bond motifs is 1. The van der Waals surface area contributed by atoms with Gasteiger partial charge in [0.1, 0.15) is 16.3 Å². The average molecular weight is 560 g/mol. The Morgan fingerprint density at radius 1 is 1.00 bits per heavy atom. The third-order valence-electron chi connectivity index (χ3n) is 5.49. The van der Waals surface area contributed by atoms with Gasteiger partial charge in [0, 0.05) is 16.5 Å². The molecule has 0 bridgehead atoms. The van der Waals surface area contributed by atoms with Gasteiger partial charge in [0.2, 0.25) is 0 Å². The summed E-state index contributed by atoms with van der Waals surface area (Å²) in [7, 11) is -3.10. The zero-order valence-corrected chi connectivity index (χ0v) is 21.7. The minimum absolute atomic E-state index is 0.00437. The van der Waals surface area contributed by atoms with Crippen molar-refractivity contribution in [2.45, 2.75) is 11.8 Å². The first-order chi connectivity index (χ1) is 17.5. The zero-order chi connectivity index (χ0) is 26.9. The van der Waals surface area contributed by atoms with Crippen LogP contribution in [-0.2, 0) is 10.1 Å². The molecule has 0 aromatic heterocycles. The minimum atomic E-state index is -4.57. The Morgan fingerprint density at radius 2 is 1.73 bits per heavy atom. The fourth-order valence-electron chi connectivity index (χ4n) is 3.58. The lowest BCUT2D eigenvalue weighted by Crippen LogP contribution is -2.12. The molecule has 0 fully saturated rings. The van der Waals surface area contributed by atoms with Crippen LogP contribution in [0.25, 0.3) is 10.8 Å². The molecule has 0 unspecified atom stereocenters. The molecule has 0 heterocycles. The Labute approximate surface area is 222 Å². The van der Waals surface area contributed by atoms with Gasteiger partial charge in [0.15, 0.2) is 5.75 Å². The van der Waals surface area contributed by atoms with Crippen LogP contribution >= 0.6 is 23.2 Å². The van der Waals surface area contributed by atoms with Gasteiger partial charge in [-0.05, 0) is 48.2 Å². The van der Waals surface area contributed by atoms with Crippen molar-refractivity contribution in [3.8, 4) is 11.5 Å². The fraction of sp³-hybridized carbons (Fsp3) is 0.0800. The van der Waals surface area contributed by atoms with E-state index < -0.39 is 26.7 Å². The normalized spacial score (nSPS) is 11.7. The van der Waals surface area contributed by atoms with Crippen LogP contribution in [0.5, 0.6) is 11.5 Å². The van der Waals surface area contributed by atoms with E-state index in [9.17, 15) is 22.9 Å². The van der Waals surface area contributed by atoms with Crippen molar-refractivity contribution in [3.05, 3.63) is 81.8 Å². The molecule has 190 valence electrons.